The van der Waals surface area contributed by atoms with E-state index in [4.69, 9.17) is 4.74 Å². The van der Waals surface area contributed by atoms with Gasteiger partial charge in [-0.15, -0.1) is 0 Å². The number of nitrogens with zero attached hydrogens (tertiary/aromatic N) is 1. The van der Waals surface area contributed by atoms with Crippen LogP contribution in [0.4, 0.5) is 0 Å². The predicted molar refractivity (Wildman–Crippen MR) is 73.6 cm³/mol. The molecule has 1 aliphatic rings. The SMILES string of the molecule is COC(=O)CN(C)C(=O)C1(c2ccccc2OC)CC1. The highest BCUT2D eigenvalue weighted by molar-refractivity contribution is 5.93. The topological polar surface area (TPSA) is 55.8 Å². The van der Waals surface area contributed by atoms with Crippen molar-refractivity contribution < 1.29 is 19.1 Å². The molecule has 1 aromatic rings. The lowest BCUT2D eigenvalue weighted by molar-refractivity contribution is -0.146. The Bertz CT molecular complexity index is 522. The average molecular weight is 277 g/mol. The normalized spacial score (nSPS) is 15.3. The summed E-state index contributed by atoms with van der Waals surface area (Å²) in [6, 6.07) is 7.53. The summed E-state index contributed by atoms with van der Waals surface area (Å²) < 4.78 is 9.94. The molecule has 1 aliphatic carbocycles. The van der Waals surface area contributed by atoms with Gasteiger partial charge in [0.15, 0.2) is 0 Å². The molecule has 0 radical (unpaired) electrons. The van der Waals surface area contributed by atoms with Gasteiger partial charge < -0.3 is 14.4 Å². The summed E-state index contributed by atoms with van der Waals surface area (Å²) in [6.07, 6.45) is 1.55. The Morgan fingerprint density at radius 3 is 2.45 bits per heavy atom. The van der Waals surface area contributed by atoms with Gasteiger partial charge in [-0.3, -0.25) is 9.59 Å². The van der Waals surface area contributed by atoms with Crippen LogP contribution < -0.4 is 4.74 Å². The third-order valence-corrected chi connectivity index (χ3v) is 3.72. The second-order valence-corrected chi connectivity index (χ2v) is 5.02. The number of hydrogen-bond acceptors (Lipinski definition) is 4. The van der Waals surface area contributed by atoms with E-state index in [0.29, 0.717) is 5.75 Å². The molecule has 5 heteroatoms. The molecule has 1 aromatic carbocycles. The lowest BCUT2D eigenvalue weighted by Gasteiger charge is -2.24. The zero-order valence-electron chi connectivity index (χ0n) is 12.0. The van der Waals surface area contributed by atoms with Crippen LogP contribution in [-0.2, 0) is 19.7 Å². The molecule has 0 spiro atoms. The van der Waals surface area contributed by atoms with Gasteiger partial charge in [0.25, 0.3) is 0 Å². The molecule has 1 saturated carbocycles. The summed E-state index contributed by atoms with van der Waals surface area (Å²) >= 11 is 0. The highest BCUT2D eigenvalue weighted by Gasteiger charge is 2.54. The van der Waals surface area contributed by atoms with E-state index in [2.05, 4.69) is 4.74 Å². The molecule has 1 fully saturated rings. The molecule has 5 nitrogen and oxygen atoms in total. The quantitative estimate of drug-likeness (QED) is 0.763. The van der Waals surface area contributed by atoms with Crippen molar-refractivity contribution in [1.29, 1.82) is 0 Å². The zero-order chi connectivity index (χ0) is 14.8. The second-order valence-electron chi connectivity index (χ2n) is 5.02. The first kappa shape index (κ1) is 14.4. The monoisotopic (exact) mass is 277 g/mol. The maximum Gasteiger partial charge on any atom is 0.325 e. The number of ether oxygens (including phenoxy) is 2. The molecule has 108 valence electrons. The summed E-state index contributed by atoms with van der Waals surface area (Å²) in [5.41, 5.74) is 0.347. The fourth-order valence-corrected chi connectivity index (χ4v) is 2.46. The average Bonchev–Trinajstić information content (AvgIpc) is 3.27. The van der Waals surface area contributed by atoms with Gasteiger partial charge in [-0.25, -0.2) is 0 Å². The lowest BCUT2D eigenvalue weighted by Crippen LogP contribution is -2.40. The lowest BCUT2D eigenvalue weighted by atomic mass is 9.93. The van der Waals surface area contributed by atoms with E-state index in [9.17, 15) is 9.59 Å². The minimum Gasteiger partial charge on any atom is -0.496 e. The highest BCUT2D eigenvalue weighted by Crippen LogP contribution is 2.52. The Morgan fingerprint density at radius 2 is 1.90 bits per heavy atom. The molecular weight excluding hydrogens is 258 g/mol. The number of likely N-dealkylation sites (N-methyl/N-ethyl adjacent to an activating group) is 1. The van der Waals surface area contributed by atoms with Crippen LogP contribution in [0.2, 0.25) is 0 Å². The van der Waals surface area contributed by atoms with E-state index < -0.39 is 11.4 Å². The maximum atomic E-state index is 12.6. The number of rotatable bonds is 5. The molecule has 0 unspecified atom stereocenters. The number of methoxy groups -OCH3 is 2. The number of carbonyl (C=O) groups excluding carboxylic acids is 2. The van der Waals surface area contributed by atoms with E-state index in [1.165, 1.54) is 12.0 Å². The molecule has 2 rings (SSSR count). The Labute approximate surface area is 118 Å². The van der Waals surface area contributed by atoms with Crippen LogP contribution in [0.15, 0.2) is 24.3 Å². The van der Waals surface area contributed by atoms with Gasteiger partial charge in [0, 0.05) is 12.6 Å². The maximum absolute atomic E-state index is 12.6. The summed E-state index contributed by atoms with van der Waals surface area (Å²) in [5.74, 6) is 0.230. The summed E-state index contributed by atoms with van der Waals surface area (Å²) in [4.78, 5) is 25.3. The number of benzene rings is 1. The van der Waals surface area contributed by atoms with Gasteiger partial charge in [0.1, 0.15) is 12.3 Å². The number of hydrogen-bond donors (Lipinski definition) is 0. The van der Waals surface area contributed by atoms with Crippen molar-refractivity contribution in [3.8, 4) is 5.75 Å². The van der Waals surface area contributed by atoms with Crippen molar-refractivity contribution in [2.75, 3.05) is 27.8 Å². The first-order valence-corrected chi connectivity index (χ1v) is 6.51. The number of carbonyl (C=O) groups is 2. The molecule has 0 aromatic heterocycles. The summed E-state index contributed by atoms with van der Waals surface area (Å²) in [7, 11) is 4.53. The summed E-state index contributed by atoms with van der Waals surface area (Å²) in [5, 5.41) is 0. The van der Waals surface area contributed by atoms with Crippen LogP contribution in [0.3, 0.4) is 0 Å². The van der Waals surface area contributed by atoms with E-state index in [-0.39, 0.29) is 12.5 Å². The molecule has 0 heterocycles. The van der Waals surface area contributed by atoms with Crippen molar-refractivity contribution in [3.05, 3.63) is 29.8 Å². The van der Waals surface area contributed by atoms with Crippen LogP contribution in [0, 0.1) is 0 Å². The second kappa shape index (κ2) is 5.53. The molecule has 1 amide bonds. The molecule has 0 N–H and O–H groups in total. The van der Waals surface area contributed by atoms with E-state index in [1.54, 1.807) is 14.2 Å². The number of esters is 1. The van der Waals surface area contributed by atoms with Gasteiger partial charge in [-0.2, -0.15) is 0 Å². The highest BCUT2D eigenvalue weighted by atomic mass is 16.5. The van der Waals surface area contributed by atoms with Crippen molar-refractivity contribution in [2.45, 2.75) is 18.3 Å². The van der Waals surface area contributed by atoms with Crippen LogP contribution in [0.1, 0.15) is 18.4 Å². The first-order valence-electron chi connectivity index (χ1n) is 6.51. The summed E-state index contributed by atoms with van der Waals surface area (Å²) in [6.45, 7) is -0.0355. The first-order chi connectivity index (χ1) is 9.55. The van der Waals surface area contributed by atoms with Crippen molar-refractivity contribution in [2.24, 2.45) is 0 Å². The molecule has 0 saturated heterocycles. The van der Waals surface area contributed by atoms with Gasteiger partial charge in [-0.1, -0.05) is 18.2 Å². The van der Waals surface area contributed by atoms with Gasteiger partial charge >= 0.3 is 5.97 Å². The Morgan fingerprint density at radius 1 is 1.25 bits per heavy atom. The van der Waals surface area contributed by atoms with E-state index >= 15 is 0 Å². The van der Waals surface area contributed by atoms with Gasteiger partial charge in [-0.05, 0) is 18.9 Å². The number of para-hydroxylation sites is 1. The van der Waals surface area contributed by atoms with Crippen LogP contribution in [0.5, 0.6) is 5.75 Å². The van der Waals surface area contributed by atoms with Gasteiger partial charge in [0.2, 0.25) is 5.91 Å². The minimum absolute atomic E-state index is 0.0355. The largest absolute Gasteiger partial charge is 0.496 e. The van der Waals surface area contributed by atoms with Crippen molar-refractivity contribution >= 4 is 11.9 Å². The van der Waals surface area contributed by atoms with Crippen molar-refractivity contribution in [1.82, 2.24) is 4.90 Å². The predicted octanol–water partition coefficient (Wildman–Crippen LogP) is 1.36. The third kappa shape index (κ3) is 2.48. The standard InChI is InChI=1S/C15H19NO4/c1-16(10-13(17)20-3)14(18)15(8-9-15)11-6-4-5-7-12(11)19-2/h4-7H,8-10H2,1-3H3. The van der Waals surface area contributed by atoms with E-state index in [0.717, 1.165) is 18.4 Å². The molecule has 0 bridgehead atoms. The zero-order valence-corrected chi connectivity index (χ0v) is 12.0. The Kier molecular flexibility index (Phi) is 3.97. The molecule has 0 aliphatic heterocycles. The Hall–Kier alpha value is -2.04. The number of amides is 1. The molecule has 0 atom stereocenters. The van der Waals surface area contributed by atoms with E-state index in [1.807, 2.05) is 24.3 Å². The fraction of sp³-hybridized carbons (Fsp3) is 0.467. The van der Waals surface area contributed by atoms with Crippen LogP contribution in [0.25, 0.3) is 0 Å². The fourth-order valence-electron chi connectivity index (χ4n) is 2.46. The molecule has 20 heavy (non-hydrogen) atoms. The third-order valence-electron chi connectivity index (χ3n) is 3.72. The van der Waals surface area contributed by atoms with Gasteiger partial charge in [0.05, 0.1) is 19.6 Å². The smallest absolute Gasteiger partial charge is 0.325 e. The van der Waals surface area contributed by atoms with Crippen molar-refractivity contribution in [3.63, 3.8) is 0 Å². The van der Waals surface area contributed by atoms with Crippen LogP contribution >= 0.6 is 0 Å². The Balaban J connectivity index is 2.22. The van der Waals surface area contributed by atoms with Crippen LogP contribution in [-0.4, -0.2) is 44.6 Å². The minimum atomic E-state index is -0.546. The molecular formula is C15H19NO4.